The van der Waals surface area contributed by atoms with Crippen molar-refractivity contribution in [3.63, 3.8) is 0 Å². The quantitative estimate of drug-likeness (QED) is 0.662. The number of phenolic OH excluding ortho intramolecular Hbond substituents is 1. The number of allylic oxidation sites excluding steroid dienone is 5. The van der Waals surface area contributed by atoms with Crippen molar-refractivity contribution in [1.82, 2.24) is 0 Å². The molecule has 0 amide bonds. The van der Waals surface area contributed by atoms with E-state index in [-0.39, 0.29) is 11.5 Å². The molecule has 2 rings (SSSR count). The van der Waals surface area contributed by atoms with Crippen LogP contribution in [-0.4, -0.2) is 10.2 Å². The van der Waals surface area contributed by atoms with Gasteiger partial charge in [-0.25, -0.2) is 0 Å². The normalized spacial score (nSPS) is 13.6. The maximum Gasteiger partial charge on any atom is 0.133 e. The summed E-state index contributed by atoms with van der Waals surface area (Å²) in [6, 6.07) is 6.72. The summed E-state index contributed by atoms with van der Waals surface area (Å²) < 4.78 is 0. The third-order valence-electron chi connectivity index (χ3n) is 2.10. The van der Waals surface area contributed by atoms with Gasteiger partial charge in [0.15, 0.2) is 0 Å². The molecule has 1 aromatic carbocycles. The Hall–Kier alpha value is -1.96. The molecule has 1 aliphatic carbocycles. The minimum absolute atomic E-state index is 0.0891. The van der Waals surface area contributed by atoms with Crippen molar-refractivity contribution in [3.8, 4) is 5.75 Å². The number of hydrogen-bond acceptors (Lipinski definition) is 2. The Labute approximate surface area is 82.1 Å². The monoisotopic (exact) mass is 186 g/mol. The zero-order valence-electron chi connectivity index (χ0n) is 7.51. The van der Waals surface area contributed by atoms with Crippen LogP contribution in [0, 0.1) is 0 Å². The molecule has 2 nitrogen and oxygen atoms in total. The van der Waals surface area contributed by atoms with Crippen LogP contribution < -0.4 is 0 Å². The third-order valence-corrected chi connectivity index (χ3v) is 2.10. The summed E-state index contributed by atoms with van der Waals surface area (Å²) in [5.41, 5.74) is 1.17. The van der Waals surface area contributed by atoms with Gasteiger partial charge in [-0.1, -0.05) is 36.4 Å². The molecule has 1 aromatic rings. The molecular formula is C12H10O2. The van der Waals surface area contributed by atoms with Gasteiger partial charge in [-0.2, -0.15) is 0 Å². The highest BCUT2D eigenvalue weighted by molar-refractivity contribution is 5.72. The topological polar surface area (TPSA) is 40.5 Å². The lowest BCUT2D eigenvalue weighted by molar-refractivity contribution is 0.460. The van der Waals surface area contributed by atoms with Crippen molar-refractivity contribution < 1.29 is 10.2 Å². The highest BCUT2D eigenvalue weighted by Crippen LogP contribution is 2.27. The molecular weight excluding hydrogens is 176 g/mol. The number of benzene rings is 1. The van der Waals surface area contributed by atoms with Gasteiger partial charge in [0.25, 0.3) is 0 Å². The molecule has 2 heteroatoms. The van der Waals surface area contributed by atoms with Gasteiger partial charge in [0.05, 0.1) is 5.56 Å². The van der Waals surface area contributed by atoms with E-state index in [0.717, 1.165) is 0 Å². The molecule has 0 aromatic heterocycles. The molecule has 0 aliphatic heterocycles. The van der Waals surface area contributed by atoms with E-state index in [0.29, 0.717) is 11.1 Å². The summed E-state index contributed by atoms with van der Waals surface area (Å²) in [7, 11) is 0. The van der Waals surface area contributed by atoms with E-state index in [1.807, 2.05) is 12.2 Å². The second kappa shape index (κ2) is 3.42. The zero-order chi connectivity index (χ0) is 9.97. The molecule has 0 heterocycles. The van der Waals surface area contributed by atoms with Crippen molar-refractivity contribution in [3.05, 3.63) is 59.7 Å². The first kappa shape index (κ1) is 8.63. The van der Waals surface area contributed by atoms with Crippen LogP contribution in [0.4, 0.5) is 0 Å². The Morgan fingerprint density at radius 3 is 2.29 bits per heavy atom. The van der Waals surface area contributed by atoms with Crippen LogP contribution in [0.15, 0.2) is 54.1 Å². The molecule has 0 radical (unpaired) electrons. The van der Waals surface area contributed by atoms with Crippen LogP contribution >= 0.6 is 0 Å². The third kappa shape index (κ3) is 1.42. The van der Waals surface area contributed by atoms with Gasteiger partial charge in [-0.3, -0.25) is 0 Å². The van der Waals surface area contributed by atoms with Crippen molar-refractivity contribution in [1.29, 1.82) is 0 Å². The van der Waals surface area contributed by atoms with Gasteiger partial charge < -0.3 is 10.2 Å². The number of hydrogen-bond donors (Lipinski definition) is 2. The van der Waals surface area contributed by atoms with Gasteiger partial charge in [0.1, 0.15) is 11.5 Å². The van der Waals surface area contributed by atoms with Crippen LogP contribution in [-0.2, 0) is 0 Å². The molecule has 0 unspecified atom stereocenters. The van der Waals surface area contributed by atoms with Crippen molar-refractivity contribution >= 4 is 5.76 Å². The maximum absolute atomic E-state index is 9.82. The van der Waals surface area contributed by atoms with E-state index in [9.17, 15) is 10.2 Å². The maximum atomic E-state index is 9.82. The molecule has 14 heavy (non-hydrogen) atoms. The molecule has 70 valence electrons. The number of para-hydroxylation sites is 1. The predicted molar refractivity (Wildman–Crippen MR) is 55.9 cm³/mol. The number of phenols is 1. The SMILES string of the molecule is OC(=C1C=CC=C1)c1ccccc1O. The minimum atomic E-state index is 0.0891. The van der Waals surface area contributed by atoms with Crippen LogP contribution in [0.5, 0.6) is 5.75 Å². The molecule has 0 spiro atoms. The molecule has 0 saturated heterocycles. The highest BCUT2D eigenvalue weighted by Gasteiger charge is 2.08. The lowest BCUT2D eigenvalue weighted by Gasteiger charge is -2.04. The van der Waals surface area contributed by atoms with Crippen LogP contribution in [0.25, 0.3) is 5.76 Å². The molecule has 1 aliphatic rings. The minimum Gasteiger partial charge on any atom is -0.507 e. The van der Waals surface area contributed by atoms with E-state index in [1.165, 1.54) is 0 Å². The van der Waals surface area contributed by atoms with Crippen LogP contribution in [0.2, 0.25) is 0 Å². The predicted octanol–water partition coefficient (Wildman–Crippen LogP) is 2.79. The molecule has 2 N–H and O–H groups in total. The summed E-state index contributed by atoms with van der Waals surface area (Å²) in [5.74, 6) is 0.194. The lowest BCUT2D eigenvalue weighted by atomic mass is 10.1. The van der Waals surface area contributed by atoms with Gasteiger partial charge in [0.2, 0.25) is 0 Å². The Morgan fingerprint density at radius 2 is 1.64 bits per heavy atom. The van der Waals surface area contributed by atoms with Gasteiger partial charge >= 0.3 is 0 Å². The second-order valence-corrected chi connectivity index (χ2v) is 3.04. The standard InChI is InChI=1S/C12H10O2/c13-11-8-4-3-7-10(11)12(14)9-5-1-2-6-9/h1-8,13-14H. The van der Waals surface area contributed by atoms with Crippen LogP contribution in [0.3, 0.4) is 0 Å². The summed E-state index contributed by atoms with van der Waals surface area (Å²) in [6.45, 7) is 0. The fraction of sp³-hybridized carbons (Fsp3) is 0. The fourth-order valence-electron chi connectivity index (χ4n) is 1.36. The summed E-state index contributed by atoms with van der Waals surface area (Å²) >= 11 is 0. The Bertz CT molecular complexity index is 425. The smallest absolute Gasteiger partial charge is 0.133 e. The average molecular weight is 186 g/mol. The zero-order valence-corrected chi connectivity index (χ0v) is 7.51. The fourth-order valence-corrected chi connectivity index (χ4v) is 1.36. The van der Waals surface area contributed by atoms with Crippen molar-refractivity contribution in [2.45, 2.75) is 0 Å². The number of aliphatic hydroxyl groups is 1. The van der Waals surface area contributed by atoms with E-state index in [2.05, 4.69) is 0 Å². The van der Waals surface area contributed by atoms with Gasteiger partial charge in [-0.05, 0) is 12.1 Å². The number of rotatable bonds is 1. The highest BCUT2D eigenvalue weighted by atomic mass is 16.3. The van der Waals surface area contributed by atoms with Crippen LogP contribution in [0.1, 0.15) is 5.56 Å². The molecule has 0 saturated carbocycles. The lowest BCUT2D eigenvalue weighted by Crippen LogP contribution is -1.86. The molecule has 0 atom stereocenters. The van der Waals surface area contributed by atoms with Crippen molar-refractivity contribution in [2.24, 2.45) is 0 Å². The van der Waals surface area contributed by atoms with E-state index in [4.69, 9.17) is 0 Å². The summed E-state index contributed by atoms with van der Waals surface area (Å²) in [6.07, 6.45) is 7.26. The largest absolute Gasteiger partial charge is 0.507 e. The summed E-state index contributed by atoms with van der Waals surface area (Å²) in [4.78, 5) is 0. The van der Waals surface area contributed by atoms with E-state index >= 15 is 0 Å². The molecule has 0 bridgehead atoms. The Balaban J connectivity index is 2.51. The number of aliphatic hydroxyl groups excluding tert-OH is 1. The first-order valence-electron chi connectivity index (χ1n) is 4.35. The molecule has 0 fully saturated rings. The van der Waals surface area contributed by atoms with E-state index < -0.39 is 0 Å². The average Bonchev–Trinajstić information content (AvgIpc) is 2.70. The first-order valence-corrected chi connectivity index (χ1v) is 4.35. The van der Waals surface area contributed by atoms with E-state index in [1.54, 1.807) is 36.4 Å². The van der Waals surface area contributed by atoms with Gasteiger partial charge in [0, 0.05) is 5.57 Å². The Morgan fingerprint density at radius 1 is 1.00 bits per heavy atom. The van der Waals surface area contributed by atoms with Crippen molar-refractivity contribution in [2.75, 3.05) is 0 Å². The second-order valence-electron chi connectivity index (χ2n) is 3.04. The van der Waals surface area contributed by atoms with Gasteiger partial charge in [-0.15, -0.1) is 0 Å². The number of aromatic hydroxyl groups is 1. The Kier molecular flexibility index (Phi) is 2.11. The summed E-state index contributed by atoms with van der Waals surface area (Å²) in [5, 5.41) is 19.3. The first-order chi connectivity index (χ1) is 6.79.